The van der Waals surface area contributed by atoms with Crippen LogP contribution in [0.4, 0.5) is 0 Å². The number of aliphatic carboxylic acids is 1. The minimum absolute atomic E-state index is 0.134. The van der Waals surface area contributed by atoms with E-state index in [2.05, 4.69) is 18.2 Å². The number of hydrogen-bond acceptors (Lipinski definition) is 4. The Morgan fingerprint density at radius 2 is 1.61 bits per heavy atom. The van der Waals surface area contributed by atoms with Crippen LogP contribution in [-0.4, -0.2) is 36.9 Å². The third kappa shape index (κ3) is 6.40. The Kier molecular flexibility index (Phi) is 8.19. The summed E-state index contributed by atoms with van der Waals surface area (Å²) >= 11 is 0. The highest BCUT2D eigenvalue weighted by molar-refractivity contribution is 5.81. The lowest BCUT2D eigenvalue weighted by Crippen LogP contribution is -1.98. The minimum atomic E-state index is -0.781. The van der Waals surface area contributed by atoms with Crippen LogP contribution in [0.2, 0.25) is 0 Å². The number of ether oxygens (including phenoxy) is 2. The van der Waals surface area contributed by atoms with Gasteiger partial charge in [0.2, 0.25) is 0 Å². The smallest absolute Gasteiger partial charge is 0.303 e. The molecule has 1 aromatic heterocycles. The molecule has 3 aromatic rings. The van der Waals surface area contributed by atoms with E-state index in [-0.39, 0.29) is 6.42 Å². The lowest BCUT2D eigenvalue weighted by Gasteiger charge is -2.13. The maximum Gasteiger partial charge on any atom is 0.303 e. The molecular formula is C26H29NO4. The Bertz CT molecular complexity index is 981. The molecule has 1 heterocycles. The number of unbranched alkanes of at least 4 members (excludes halogenated alkanes) is 1. The number of benzene rings is 2. The number of carbonyl (C=O) groups is 1. The van der Waals surface area contributed by atoms with E-state index < -0.39 is 5.97 Å². The maximum absolute atomic E-state index is 10.8. The van der Waals surface area contributed by atoms with Gasteiger partial charge in [-0.25, -0.2) is 0 Å². The number of nitrogens with zero attached hydrogens (tertiary/aromatic N) is 1. The van der Waals surface area contributed by atoms with Crippen LogP contribution in [0, 0.1) is 0 Å². The number of carboxylic acids is 1. The Labute approximate surface area is 183 Å². The third-order valence-electron chi connectivity index (χ3n) is 5.26. The number of hydrogen-bond donors (Lipinski definition) is 1. The Balaban J connectivity index is 1.92. The van der Waals surface area contributed by atoms with Crippen LogP contribution in [0.25, 0.3) is 22.4 Å². The molecule has 0 saturated carbocycles. The molecule has 0 unspecified atom stereocenters. The van der Waals surface area contributed by atoms with Gasteiger partial charge >= 0.3 is 5.97 Å². The van der Waals surface area contributed by atoms with Crippen LogP contribution in [0.15, 0.2) is 60.8 Å². The van der Waals surface area contributed by atoms with Crippen LogP contribution in [0.5, 0.6) is 5.75 Å². The molecule has 2 aromatic carbocycles. The monoisotopic (exact) mass is 419 g/mol. The highest BCUT2D eigenvalue weighted by Gasteiger charge is 2.11. The molecule has 0 spiro atoms. The summed E-state index contributed by atoms with van der Waals surface area (Å²) in [7, 11) is 3.38. The van der Waals surface area contributed by atoms with Gasteiger partial charge in [-0.1, -0.05) is 24.3 Å². The predicted octanol–water partition coefficient (Wildman–Crippen LogP) is 5.41. The van der Waals surface area contributed by atoms with Crippen molar-refractivity contribution in [2.45, 2.75) is 32.1 Å². The second kappa shape index (κ2) is 11.3. The molecule has 0 aliphatic heterocycles. The number of aryl methyl sites for hydroxylation is 2. The van der Waals surface area contributed by atoms with Crippen molar-refractivity contribution >= 4 is 5.97 Å². The average Bonchev–Trinajstić information content (AvgIpc) is 2.81. The first-order chi connectivity index (χ1) is 15.1. The molecule has 0 aliphatic carbocycles. The van der Waals surface area contributed by atoms with E-state index in [1.54, 1.807) is 14.2 Å². The molecule has 1 N–H and O–H groups in total. The largest absolute Gasteiger partial charge is 0.497 e. The van der Waals surface area contributed by atoms with E-state index in [1.165, 1.54) is 5.56 Å². The van der Waals surface area contributed by atoms with Gasteiger partial charge < -0.3 is 14.6 Å². The quantitative estimate of drug-likeness (QED) is 0.421. The Morgan fingerprint density at radius 1 is 0.903 bits per heavy atom. The van der Waals surface area contributed by atoms with Crippen molar-refractivity contribution < 1.29 is 19.4 Å². The van der Waals surface area contributed by atoms with Crippen molar-refractivity contribution in [1.29, 1.82) is 0 Å². The minimum Gasteiger partial charge on any atom is -0.497 e. The molecular weight excluding hydrogens is 390 g/mol. The molecule has 0 amide bonds. The molecule has 0 bridgehead atoms. The summed E-state index contributed by atoms with van der Waals surface area (Å²) in [5.74, 6) is 0.0269. The lowest BCUT2D eigenvalue weighted by molar-refractivity contribution is -0.136. The first-order valence-electron chi connectivity index (χ1n) is 10.5. The zero-order chi connectivity index (χ0) is 22.1. The first kappa shape index (κ1) is 22.5. The molecule has 0 fully saturated rings. The van der Waals surface area contributed by atoms with Crippen LogP contribution in [-0.2, 0) is 22.4 Å². The summed E-state index contributed by atoms with van der Waals surface area (Å²) < 4.78 is 10.4. The van der Waals surface area contributed by atoms with Gasteiger partial charge in [0.25, 0.3) is 0 Å². The molecule has 3 rings (SSSR count). The second-order valence-corrected chi connectivity index (χ2v) is 7.51. The standard InChI is InChI=1S/C26H29NO4/c1-30-16-4-3-5-20-17-24(21-9-6-19(7-10-21)8-15-25(28)29)26(27-18-20)22-11-13-23(31-2)14-12-22/h6-7,9-14,17-18H,3-5,8,15-16H2,1-2H3,(H,28,29). The zero-order valence-electron chi connectivity index (χ0n) is 18.1. The molecule has 0 aliphatic rings. The van der Waals surface area contributed by atoms with E-state index in [1.807, 2.05) is 42.6 Å². The molecule has 5 nitrogen and oxygen atoms in total. The summed E-state index contributed by atoms with van der Waals surface area (Å²) in [6, 6.07) is 18.2. The zero-order valence-corrected chi connectivity index (χ0v) is 18.1. The van der Waals surface area contributed by atoms with Gasteiger partial charge in [-0.2, -0.15) is 0 Å². The normalized spacial score (nSPS) is 10.8. The Hall–Kier alpha value is -3.18. The summed E-state index contributed by atoms with van der Waals surface area (Å²) in [5.41, 5.74) is 6.28. The van der Waals surface area contributed by atoms with E-state index in [0.29, 0.717) is 6.42 Å². The van der Waals surface area contributed by atoms with E-state index in [4.69, 9.17) is 19.6 Å². The molecule has 31 heavy (non-hydrogen) atoms. The number of methoxy groups -OCH3 is 2. The highest BCUT2D eigenvalue weighted by atomic mass is 16.5. The Morgan fingerprint density at radius 3 is 2.26 bits per heavy atom. The number of aromatic nitrogens is 1. The van der Waals surface area contributed by atoms with Crippen molar-refractivity contribution in [2.24, 2.45) is 0 Å². The van der Waals surface area contributed by atoms with Gasteiger partial charge in [0, 0.05) is 37.5 Å². The maximum atomic E-state index is 10.8. The molecule has 162 valence electrons. The second-order valence-electron chi connectivity index (χ2n) is 7.51. The fourth-order valence-electron chi connectivity index (χ4n) is 3.52. The van der Waals surface area contributed by atoms with Crippen LogP contribution < -0.4 is 4.74 Å². The molecule has 0 saturated heterocycles. The number of carboxylic acid groups (broad SMARTS) is 1. The molecule has 5 heteroatoms. The van der Waals surface area contributed by atoms with E-state index >= 15 is 0 Å². The van der Waals surface area contributed by atoms with E-state index in [0.717, 1.165) is 59.6 Å². The summed E-state index contributed by atoms with van der Waals surface area (Å²) in [5, 5.41) is 8.92. The third-order valence-corrected chi connectivity index (χ3v) is 5.26. The van der Waals surface area contributed by atoms with Crippen molar-refractivity contribution in [2.75, 3.05) is 20.8 Å². The van der Waals surface area contributed by atoms with Crippen molar-refractivity contribution in [3.05, 3.63) is 71.9 Å². The SMILES string of the molecule is COCCCCc1cnc(-c2ccc(OC)cc2)c(-c2ccc(CCC(=O)O)cc2)c1. The van der Waals surface area contributed by atoms with Crippen LogP contribution in [0.1, 0.15) is 30.4 Å². The van der Waals surface area contributed by atoms with Crippen LogP contribution in [0.3, 0.4) is 0 Å². The fourth-order valence-corrected chi connectivity index (χ4v) is 3.52. The predicted molar refractivity (Wildman–Crippen MR) is 122 cm³/mol. The van der Waals surface area contributed by atoms with Crippen molar-refractivity contribution in [1.82, 2.24) is 4.98 Å². The van der Waals surface area contributed by atoms with Crippen LogP contribution >= 0.6 is 0 Å². The first-order valence-corrected chi connectivity index (χ1v) is 10.5. The lowest BCUT2D eigenvalue weighted by atomic mass is 9.95. The molecule has 0 radical (unpaired) electrons. The summed E-state index contributed by atoms with van der Waals surface area (Å²) in [4.78, 5) is 15.7. The summed E-state index contributed by atoms with van der Waals surface area (Å²) in [6.45, 7) is 0.766. The van der Waals surface area contributed by atoms with Gasteiger partial charge in [-0.05, 0) is 72.7 Å². The van der Waals surface area contributed by atoms with E-state index in [9.17, 15) is 4.79 Å². The van der Waals surface area contributed by atoms with Gasteiger partial charge in [0.05, 0.1) is 12.8 Å². The number of pyridine rings is 1. The average molecular weight is 420 g/mol. The molecule has 0 atom stereocenters. The van der Waals surface area contributed by atoms with Gasteiger partial charge in [0.1, 0.15) is 5.75 Å². The topological polar surface area (TPSA) is 68.7 Å². The van der Waals surface area contributed by atoms with Gasteiger partial charge in [0.15, 0.2) is 0 Å². The van der Waals surface area contributed by atoms with Gasteiger partial charge in [-0.15, -0.1) is 0 Å². The van der Waals surface area contributed by atoms with Gasteiger partial charge in [-0.3, -0.25) is 9.78 Å². The highest BCUT2D eigenvalue weighted by Crippen LogP contribution is 2.32. The van der Waals surface area contributed by atoms with Crippen molar-refractivity contribution in [3.63, 3.8) is 0 Å². The number of rotatable bonds is 11. The van der Waals surface area contributed by atoms with Crippen molar-refractivity contribution in [3.8, 4) is 28.1 Å². The summed E-state index contributed by atoms with van der Waals surface area (Å²) in [6.07, 6.45) is 5.63. The fraction of sp³-hybridized carbons (Fsp3) is 0.308.